The van der Waals surface area contributed by atoms with Crippen LogP contribution in [0.25, 0.3) is 10.9 Å². The summed E-state index contributed by atoms with van der Waals surface area (Å²) < 4.78 is 62.2. The molecule has 1 unspecified atom stereocenters. The number of likely N-dealkylation sites (N-methyl/N-ethyl adjacent to an activating group) is 1. The number of carbonyl (C=O) groups is 1. The Morgan fingerprint density at radius 2 is 1.81 bits per heavy atom. The first-order chi connectivity index (χ1) is 20.6. The number of nitrogens with one attached hydrogen (secondary N) is 1. The van der Waals surface area contributed by atoms with E-state index >= 15 is 4.39 Å². The minimum absolute atomic E-state index is 0.0369. The van der Waals surface area contributed by atoms with Crippen molar-refractivity contribution in [2.75, 3.05) is 83.5 Å². The van der Waals surface area contributed by atoms with E-state index in [2.05, 4.69) is 10.2 Å². The molecule has 0 bridgehead atoms. The van der Waals surface area contributed by atoms with Gasteiger partial charge < -0.3 is 33.9 Å². The number of benzene rings is 2. The molecule has 1 atom stereocenters. The highest BCUT2D eigenvalue weighted by atomic mass is 32.2. The van der Waals surface area contributed by atoms with E-state index in [1.165, 1.54) is 41.9 Å². The molecule has 4 heterocycles. The molecule has 14 heteroatoms. The Bertz CT molecular complexity index is 1750. The second kappa shape index (κ2) is 11.4. The number of amides is 1. The van der Waals surface area contributed by atoms with Crippen molar-refractivity contribution in [1.29, 1.82) is 0 Å². The SMILES string of the molecule is COc1ccc(NC(=O)c2cn3c4c(c(N5CCN(C)CC5)c(F)cc4c2=O)OCC3C)cc1S(=O)(=O)N1CCOCC1. The van der Waals surface area contributed by atoms with Crippen LogP contribution in [0.2, 0.25) is 0 Å². The molecule has 230 valence electrons. The van der Waals surface area contributed by atoms with Crippen LogP contribution < -0.4 is 25.1 Å². The number of sulfonamides is 1. The summed E-state index contributed by atoms with van der Waals surface area (Å²) in [5, 5.41) is 2.69. The zero-order valence-electron chi connectivity index (χ0n) is 24.3. The lowest BCUT2D eigenvalue weighted by Crippen LogP contribution is -2.45. The summed E-state index contributed by atoms with van der Waals surface area (Å²) >= 11 is 0. The molecule has 1 amide bonds. The van der Waals surface area contributed by atoms with Gasteiger partial charge in [-0.1, -0.05) is 0 Å². The summed E-state index contributed by atoms with van der Waals surface area (Å²) in [4.78, 5) is 31.2. The number of rotatable bonds is 6. The number of anilines is 2. The molecule has 0 spiro atoms. The number of pyridine rings is 1. The maximum absolute atomic E-state index is 15.7. The Balaban J connectivity index is 1.38. The number of nitrogens with zero attached hydrogens (tertiary/aromatic N) is 4. The fourth-order valence-electron chi connectivity index (χ4n) is 5.78. The van der Waals surface area contributed by atoms with Crippen molar-refractivity contribution in [2.24, 2.45) is 0 Å². The van der Waals surface area contributed by atoms with Gasteiger partial charge in [-0.05, 0) is 38.2 Å². The molecule has 1 aromatic heterocycles. The quantitative estimate of drug-likeness (QED) is 0.444. The highest BCUT2D eigenvalue weighted by Gasteiger charge is 2.32. The fourth-order valence-corrected chi connectivity index (χ4v) is 7.37. The maximum atomic E-state index is 15.7. The zero-order valence-corrected chi connectivity index (χ0v) is 25.1. The second-order valence-corrected chi connectivity index (χ2v) is 12.9. The summed E-state index contributed by atoms with van der Waals surface area (Å²) in [6.45, 7) is 5.80. The third-order valence-electron chi connectivity index (χ3n) is 8.22. The smallest absolute Gasteiger partial charge is 0.261 e. The standard InChI is InChI=1S/C29H34FN5O7S/c1-18-17-42-28-25-20(15-22(30)26(28)33-8-6-32(2)7-9-33)27(36)21(16-35(18)25)29(37)31-19-4-5-23(40-3)24(14-19)43(38,39)34-10-12-41-13-11-34/h4-5,14-16,18H,6-13,17H2,1-3H3,(H,31,37). The molecule has 12 nitrogen and oxygen atoms in total. The van der Waals surface area contributed by atoms with Crippen LogP contribution in [0.15, 0.2) is 40.2 Å². The van der Waals surface area contributed by atoms with E-state index in [1.54, 1.807) is 4.57 Å². The molecular weight excluding hydrogens is 581 g/mol. The summed E-state index contributed by atoms with van der Waals surface area (Å²) in [7, 11) is -0.580. The van der Waals surface area contributed by atoms with Gasteiger partial charge in [-0.3, -0.25) is 9.59 Å². The first kappa shape index (κ1) is 29.4. The number of ether oxygens (including phenoxy) is 3. The second-order valence-electron chi connectivity index (χ2n) is 11.0. The Morgan fingerprint density at radius 3 is 2.51 bits per heavy atom. The van der Waals surface area contributed by atoms with Crippen LogP contribution in [0.3, 0.4) is 0 Å². The number of halogens is 1. The molecule has 2 fully saturated rings. The average Bonchev–Trinajstić information content (AvgIpc) is 3.00. The van der Waals surface area contributed by atoms with Crippen molar-refractivity contribution < 1.29 is 31.8 Å². The monoisotopic (exact) mass is 615 g/mol. The van der Waals surface area contributed by atoms with Crippen LogP contribution in [0, 0.1) is 5.82 Å². The highest BCUT2D eigenvalue weighted by Crippen LogP contribution is 2.42. The van der Waals surface area contributed by atoms with Crippen molar-refractivity contribution in [3.63, 3.8) is 0 Å². The number of methoxy groups -OCH3 is 1. The predicted molar refractivity (Wildman–Crippen MR) is 159 cm³/mol. The minimum atomic E-state index is -3.95. The number of aromatic nitrogens is 1. The molecule has 1 N–H and O–H groups in total. The van der Waals surface area contributed by atoms with Crippen molar-refractivity contribution in [2.45, 2.75) is 17.9 Å². The van der Waals surface area contributed by atoms with Gasteiger partial charge in [0.25, 0.3) is 5.91 Å². The molecule has 3 aliphatic heterocycles. The van der Waals surface area contributed by atoms with E-state index in [4.69, 9.17) is 14.2 Å². The van der Waals surface area contributed by atoms with E-state index in [9.17, 15) is 18.0 Å². The van der Waals surface area contributed by atoms with Gasteiger partial charge in [-0.15, -0.1) is 0 Å². The summed E-state index contributed by atoms with van der Waals surface area (Å²) in [6, 6.07) is 5.19. The Labute approximate surface area is 248 Å². The number of hydrogen-bond acceptors (Lipinski definition) is 9. The largest absolute Gasteiger partial charge is 0.495 e. The van der Waals surface area contributed by atoms with Gasteiger partial charge in [0, 0.05) is 51.2 Å². The lowest BCUT2D eigenvalue weighted by molar-refractivity contribution is 0.0729. The van der Waals surface area contributed by atoms with Crippen LogP contribution in [0.5, 0.6) is 11.5 Å². The molecule has 43 heavy (non-hydrogen) atoms. The molecule has 2 saturated heterocycles. The number of piperazine rings is 1. The van der Waals surface area contributed by atoms with Gasteiger partial charge in [0.1, 0.15) is 28.5 Å². The Kier molecular flexibility index (Phi) is 7.79. The van der Waals surface area contributed by atoms with Gasteiger partial charge in [-0.2, -0.15) is 4.31 Å². The highest BCUT2D eigenvalue weighted by molar-refractivity contribution is 7.89. The lowest BCUT2D eigenvalue weighted by Gasteiger charge is -2.37. The lowest BCUT2D eigenvalue weighted by atomic mass is 10.0. The summed E-state index contributed by atoms with van der Waals surface area (Å²) in [5.41, 5.74) is 0.0713. The van der Waals surface area contributed by atoms with Crippen molar-refractivity contribution >= 4 is 38.2 Å². The van der Waals surface area contributed by atoms with Gasteiger partial charge in [0.15, 0.2) is 11.6 Å². The Morgan fingerprint density at radius 1 is 1.09 bits per heavy atom. The van der Waals surface area contributed by atoms with Gasteiger partial charge in [0.05, 0.1) is 37.3 Å². The molecule has 3 aliphatic rings. The summed E-state index contributed by atoms with van der Waals surface area (Å²) in [5.74, 6) is -0.919. The van der Waals surface area contributed by atoms with E-state index in [1.807, 2.05) is 18.9 Å². The van der Waals surface area contributed by atoms with Crippen molar-refractivity contribution in [3.8, 4) is 11.5 Å². The van der Waals surface area contributed by atoms with Gasteiger partial charge in [-0.25, -0.2) is 12.8 Å². The molecule has 0 radical (unpaired) electrons. The normalized spacial score (nSPS) is 19.7. The number of morpholine rings is 1. The topological polar surface area (TPSA) is 123 Å². The third kappa shape index (κ3) is 5.22. The maximum Gasteiger partial charge on any atom is 0.261 e. The zero-order chi connectivity index (χ0) is 30.5. The molecular formula is C29H34FN5O7S. The first-order valence-electron chi connectivity index (χ1n) is 14.1. The van der Waals surface area contributed by atoms with Crippen LogP contribution >= 0.6 is 0 Å². The van der Waals surface area contributed by atoms with Crippen molar-refractivity contribution in [1.82, 2.24) is 13.8 Å². The van der Waals surface area contributed by atoms with E-state index < -0.39 is 27.2 Å². The van der Waals surface area contributed by atoms with Crippen LogP contribution in [-0.4, -0.2) is 101 Å². The van der Waals surface area contributed by atoms with E-state index in [0.29, 0.717) is 30.0 Å². The molecule has 0 aliphatic carbocycles. The fraction of sp³-hybridized carbons (Fsp3) is 0.448. The van der Waals surface area contributed by atoms with E-state index in [-0.39, 0.29) is 66.2 Å². The number of hydrogen-bond donors (Lipinski definition) is 1. The average molecular weight is 616 g/mol. The summed E-state index contributed by atoms with van der Waals surface area (Å²) in [6.07, 6.45) is 1.47. The first-order valence-corrected chi connectivity index (χ1v) is 15.6. The third-order valence-corrected chi connectivity index (χ3v) is 10.1. The van der Waals surface area contributed by atoms with Gasteiger partial charge >= 0.3 is 0 Å². The van der Waals surface area contributed by atoms with Crippen LogP contribution in [0.4, 0.5) is 15.8 Å². The molecule has 0 saturated carbocycles. The van der Waals surface area contributed by atoms with Gasteiger partial charge in [0.2, 0.25) is 15.5 Å². The van der Waals surface area contributed by atoms with E-state index in [0.717, 1.165) is 13.1 Å². The molecule has 3 aromatic rings. The number of carbonyl (C=O) groups excluding carboxylic acids is 1. The Hall–Kier alpha value is -3.72. The van der Waals surface area contributed by atoms with Crippen LogP contribution in [-0.2, 0) is 14.8 Å². The molecule has 6 rings (SSSR count). The van der Waals surface area contributed by atoms with Crippen LogP contribution in [0.1, 0.15) is 23.3 Å². The minimum Gasteiger partial charge on any atom is -0.495 e. The molecule has 2 aromatic carbocycles. The predicted octanol–water partition coefficient (Wildman–Crippen LogP) is 2.13. The van der Waals surface area contributed by atoms with Crippen molar-refractivity contribution in [3.05, 3.63) is 52.1 Å².